The van der Waals surface area contributed by atoms with Crippen molar-refractivity contribution in [2.75, 3.05) is 33.4 Å². The van der Waals surface area contributed by atoms with E-state index in [1.54, 1.807) is 14.0 Å². The zero-order valence-corrected chi connectivity index (χ0v) is 13.7. The van der Waals surface area contributed by atoms with E-state index in [1.807, 2.05) is 6.92 Å². The molecule has 0 amide bonds. The fourth-order valence-corrected chi connectivity index (χ4v) is 2.29. The van der Waals surface area contributed by atoms with Crippen molar-refractivity contribution < 1.29 is 14.6 Å². The first-order chi connectivity index (χ1) is 9.37. The summed E-state index contributed by atoms with van der Waals surface area (Å²) in [4.78, 5) is 13.7. The first-order valence-corrected chi connectivity index (χ1v) is 7.58. The van der Waals surface area contributed by atoms with Gasteiger partial charge in [-0.1, -0.05) is 6.92 Å². The topological polar surface area (TPSA) is 61.8 Å². The first-order valence-electron chi connectivity index (χ1n) is 7.58. The Morgan fingerprint density at radius 2 is 2.00 bits per heavy atom. The zero-order valence-electron chi connectivity index (χ0n) is 13.7. The number of carboxylic acids is 1. The monoisotopic (exact) mass is 288 g/mol. The molecule has 0 fully saturated rings. The smallest absolute Gasteiger partial charge is 0.323 e. The van der Waals surface area contributed by atoms with Gasteiger partial charge in [0.15, 0.2) is 0 Å². The summed E-state index contributed by atoms with van der Waals surface area (Å²) in [5.74, 6) is -0.764. The van der Waals surface area contributed by atoms with E-state index in [0.29, 0.717) is 19.0 Å². The molecule has 0 spiro atoms. The summed E-state index contributed by atoms with van der Waals surface area (Å²) < 4.78 is 5.12. The molecule has 0 saturated heterocycles. The molecule has 20 heavy (non-hydrogen) atoms. The Hall–Kier alpha value is -0.650. The number of carbonyl (C=O) groups is 1. The van der Waals surface area contributed by atoms with E-state index in [4.69, 9.17) is 4.74 Å². The summed E-state index contributed by atoms with van der Waals surface area (Å²) in [6, 6.07) is 0.491. The van der Waals surface area contributed by atoms with Gasteiger partial charge in [-0.25, -0.2) is 0 Å². The fraction of sp³-hybridized carbons (Fsp3) is 0.933. The summed E-state index contributed by atoms with van der Waals surface area (Å²) in [6.45, 7) is 11.4. The van der Waals surface area contributed by atoms with E-state index in [1.165, 1.54) is 0 Å². The van der Waals surface area contributed by atoms with E-state index in [-0.39, 0.29) is 0 Å². The first kappa shape index (κ1) is 19.4. The van der Waals surface area contributed by atoms with Crippen molar-refractivity contribution in [3.8, 4) is 0 Å². The molecule has 0 bridgehead atoms. The average Bonchev–Trinajstić information content (AvgIpc) is 2.37. The minimum Gasteiger partial charge on any atom is -0.480 e. The minimum atomic E-state index is -0.802. The number of methoxy groups -OCH3 is 1. The van der Waals surface area contributed by atoms with Crippen LogP contribution in [0.5, 0.6) is 0 Å². The molecule has 0 aromatic heterocycles. The van der Waals surface area contributed by atoms with Gasteiger partial charge >= 0.3 is 5.97 Å². The molecule has 0 rings (SSSR count). The van der Waals surface area contributed by atoms with Crippen molar-refractivity contribution >= 4 is 5.97 Å². The van der Waals surface area contributed by atoms with Gasteiger partial charge < -0.3 is 15.2 Å². The molecule has 2 N–H and O–H groups in total. The van der Waals surface area contributed by atoms with Crippen LogP contribution in [0.2, 0.25) is 0 Å². The Kier molecular flexibility index (Phi) is 9.80. The molecule has 0 aliphatic heterocycles. The predicted molar refractivity (Wildman–Crippen MR) is 82.2 cm³/mol. The maximum Gasteiger partial charge on any atom is 0.323 e. The van der Waals surface area contributed by atoms with Gasteiger partial charge in [0, 0.05) is 19.7 Å². The molecule has 0 saturated carbocycles. The van der Waals surface area contributed by atoms with Crippen LogP contribution < -0.4 is 5.32 Å². The highest BCUT2D eigenvalue weighted by atomic mass is 16.5. The molecule has 0 aromatic rings. The van der Waals surface area contributed by atoms with Crippen LogP contribution in [0.3, 0.4) is 0 Å². The average molecular weight is 288 g/mol. The maximum atomic E-state index is 11.3. The molecule has 5 nitrogen and oxygen atoms in total. The molecule has 0 aliphatic rings. The molecule has 0 heterocycles. The highest BCUT2D eigenvalue weighted by Gasteiger charge is 2.31. The van der Waals surface area contributed by atoms with Gasteiger partial charge in [-0.15, -0.1) is 0 Å². The molecule has 1 atom stereocenters. The highest BCUT2D eigenvalue weighted by molar-refractivity contribution is 5.78. The highest BCUT2D eigenvalue weighted by Crippen LogP contribution is 2.15. The maximum absolute atomic E-state index is 11.3. The number of nitrogens with one attached hydrogen (secondary N) is 1. The molecular weight excluding hydrogens is 256 g/mol. The van der Waals surface area contributed by atoms with Crippen molar-refractivity contribution in [2.24, 2.45) is 0 Å². The van der Waals surface area contributed by atoms with Crippen LogP contribution in [-0.4, -0.2) is 60.9 Å². The van der Waals surface area contributed by atoms with Crippen molar-refractivity contribution in [1.82, 2.24) is 10.2 Å². The number of ether oxygens (including phenoxy) is 1. The largest absolute Gasteiger partial charge is 0.480 e. The van der Waals surface area contributed by atoms with Gasteiger partial charge in [-0.3, -0.25) is 9.69 Å². The van der Waals surface area contributed by atoms with Crippen molar-refractivity contribution in [3.63, 3.8) is 0 Å². The SMILES string of the molecule is CCNC(C)(CCCCN(CCOC)C(C)C)C(=O)O. The molecule has 5 heteroatoms. The van der Waals surface area contributed by atoms with Crippen LogP contribution in [0.1, 0.15) is 47.0 Å². The normalized spacial score (nSPS) is 14.8. The summed E-state index contributed by atoms with van der Waals surface area (Å²) >= 11 is 0. The molecule has 1 unspecified atom stereocenters. The number of nitrogens with zero attached hydrogens (tertiary/aromatic N) is 1. The lowest BCUT2D eigenvalue weighted by atomic mass is 9.94. The van der Waals surface area contributed by atoms with Gasteiger partial charge in [-0.2, -0.15) is 0 Å². The second-order valence-corrected chi connectivity index (χ2v) is 5.75. The number of hydrogen-bond acceptors (Lipinski definition) is 4. The second kappa shape index (κ2) is 10.1. The van der Waals surface area contributed by atoms with Crippen molar-refractivity contribution in [2.45, 2.75) is 58.5 Å². The van der Waals surface area contributed by atoms with Gasteiger partial charge in [0.05, 0.1) is 6.61 Å². The van der Waals surface area contributed by atoms with Gasteiger partial charge in [0.25, 0.3) is 0 Å². The Morgan fingerprint density at radius 3 is 2.45 bits per heavy atom. The second-order valence-electron chi connectivity index (χ2n) is 5.75. The number of hydrogen-bond donors (Lipinski definition) is 2. The Balaban J connectivity index is 4.11. The molecule has 0 aliphatic carbocycles. The summed E-state index contributed by atoms with van der Waals surface area (Å²) in [5, 5.41) is 12.4. The lowest BCUT2D eigenvalue weighted by molar-refractivity contribution is -0.144. The predicted octanol–water partition coefficient (Wildman–Crippen LogP) is 1.97. The minimum absolute atomic E-state index is 0.491. The Labute approximate surface area is 123 Å². The third kappa shape index (κ3) is 7.22. The van der Waals surface area contributed by atoms with Crippen LogP contribution in [0.4, 0.5) is 0 Å². The van der Waals surface area contributed by atoms with Gasteiger partial charge in [0.1, 0.15) is 5.54 Å². The number of carboxylic acid groups (broad SMARTS) is 1. The quantitative estimate of drug-likeness (QED) is 0.538. The number of likely N-dealkylation sites (N-methyl/N-ethyl adjacent to an activating group) is 1. The van der Waals surface area contributed by atoms with E-state index >= 15 is 0 Å². The lowest BCUT2D eigenvalue weighted by Gasteiger charge is -2.28. The third-order valence-electron chi connectivity index (χ3n) is 3.72. The van der Waals surface area contributed by atoms with E-state index < -0.39 is 11.5 Å². The van der Waals surface area contributed by atoms with Crippen LogP contribution in [0, 0.1) is 0 Å². The Morgan fingerprint density at radius 1 is 1.35 bits per heavy atom. The summed E-state index contributed by atoms with van der Waals surface area (Å²) in [7, 11) is 1.72. The van der Waals surface area contributed by atoms with E-state index in [0.717, 1.165) is 32.5 Å². The molecule has 0 radical (unpaired) electrons. The standard InChI is InChI=1S/C15H32N2O3/c1-6-16-15(4,14(18)19)9-7-8-10-17(13(2)3)11-12-20-5/h13,16H,6-12H2,1-5H3,(H,18,19). The van der Waals surface area contributed by atoms with Crippen LogP contribution in [0.15, 0.2) is 0 Å². The molecular formula is C15H32N2O3. The van der Waals surface area contributed by atoms with E-state index in [9.17, 15) is 9.90 Å². The third-order valence-corrected chi connectivity index (χ3v) is 3.72. The van der Waals surface area contributed by atoms with Gasteiger partial charge in [-0.05, 0) is 53.1 Å². The summed E-state index contributed by atoms with van der Waals surface area (Å²) in [5.41, 5.74) is -0.802. The number of aliphatic carboxylic acids is 1. The fourth-order valence-electron chi connectivity index (χ4n) is 2.29. The summed E-state index contributed by atoms with van der Waals surface area (Å²) in [6.07, 6.45) is 2.58. The number of unbranched alkanes of at least 4 members (excludes halogenated alkanes) is 1. The van der Waals surface area contributed by atoms with Crippen LogP contribution in [-0.2, 0) is 9.53 Å². The van der Waals surface area contributed by atoms with E-state index in [2.05, 4.69) is 24.1 Å². The molecule has 0 aromatic carbocycles. The van der Waals surface area contributed by atoms with Crippen LogP contribution >= 0.6 is 0 Å². The van der Waals surface area contributed by atoms with Crippen LogP contribution in [0.25, 0.3) is 0 Å². The number of rotatable bonds is 12. The molecule has 120 valence electrons. The Bertz CT molecular complexity index is 272. The zero-order chi connectivity index (χ0) is 15.6. The lowest BCUT2D eigenvalue weighted by Crippen LogP contribution is -2.49. The van der Waals surface area contributed by atoms with Crippen molar-refractivity contribution in [3.05, 3.63) is 0 Å². The van der Waals surface area contributed by atoms with Crippen molar-refractivity contribution in [1.29, 1.82) is 0 Å². The van der Waals surface area contributed by atoms with Gasteiger partial charge in [0.2, 0.25) is 0 Å².